The largest absolute Gasteiger partial charge is 0.274 e. The molecule has 3 aliphatic rings. The van der Waals surface area contributed by atoms with E-state index in [0.29, 0.717) is 0 Å². The van der Waals surface area contributed by atoms with Gasteiger partial charge in [-0.3, -0.25) is 9.59 Å². The molecular weight excluding hydrogens is 250 g/mol. The van der Waals surface area contributed by atoms with Crippen molar-refractivity contribution in [3.63, 3.8) is 0 Å². The maximum absolute atomic E-state index is 12.7. The third-order valence-electron chi connectivity index (χ3n) is 5.06. The Kier molecular flexibility index (Phi) is 2.27. The van der Waals surface area contributed by atoms with Gasteiger partial charge in [0, 0.05) is 0 Å². The van der Waals surface area contributed by atoms with E-state index in [1.165, 1.54) is 4.90 Å². The van der Waals surface area contributed by atoms with Gasteiger partial charge in [0.1, 0.15) is 0 Å². The predicted octanol–water partition coefficient (Wildman–Crippen LogP) is 2.61. The number of benzene rings is 1. The fourth-order valence-corrected chi connectivity index (χ4v) is 4.20. The summed E-state index contributed by atoms with van der Waals surface area (Å²) >= 11 is 0. The number of imide groups is 1. The molecule has 1 saturated heterocycles. The Morgan fingerprint density at radius 2 is 1.60 bits per heavy atom. The van der Waals surface area contributed by atoms with E-state index in [1.807, 2.05) is 32.0 Å². The number of carbonyl (C=O) groups is 2. The van der Waals surface area contributed by atoms with Gasteiger partial charge in [0.2, 0.25) is 11.8 Å². The molecular formula is C17H17NO2. The molecule has 1 aromatic rings. The molecule has 2 amide bonds. The lowest BCUT2D eigenvalue weighted by atomic mass is 9.85. The van der Waals surface area contributed by atoms with Crippen molar-refractivity contribution in [3.8, 4) is 0 Å². The summed E-state index contributed by atoms with van der Waals surface area (Å²) in [5.41, 5.74) is 2.90. The quantitative estimate of drug-likeness (QED) is 0.579. The zero-order valence-corrected chi connectivity index (χ0v) is 11.7. The van der Waals surface area contributed by atoms with Crippen LogP contribution in [0.5, 0.6) is 0 Å². The lowest BCUT2D eigenvalue weighted by molar-refractivity contribution is -0.123. The number of fused-ring (bicyclic) bond motifs is 5. The first-order chi connectivity index (χ1) is 9.58. The van der Waals surface area contributed by atoms with Crippen molar-refractivity contribution in [2.45, 2.75) is 20.3 Å². The number of carbonyl (C=O) groups excluding carboxylic acids is 2. The highest BCUT2D eigenvalue weighted by molar-refractivity contribution is 6.23. The summed E-state index contributed by atoms with van der Waals surface area (Å²) in [5, 5.41) is 0. The van der Waals surface area contributed by atoms with Crippen LogP contribution in [-0.4, -0.2) is 11.8 Å². The van der Waals surface area contributed by atoms with Gasteiger partial charge >= 0.3 is 0 Å². The van der Waals surface area contributed by atoms with E-state index in [2.05, 4.69) is 12.2 Å². The average Bonchev–Trinajstić information content (AvgIpc) is 3.06. The van der Waals surface area contributed by atoms with Crippen LogP contribution in [0, 0.1) is 37.5 Å². The lowest BCUT2D eigenvalue weighted by Gasteiger charge is -2.19. The van der Waals surface area contributed by atoms with Crippen molar-refractivity contribution in [3.05, 3.63) is 41.5 Å². The smallest absolute Gasteiger partial charge is 0.238 e. The van der Waals surface area contributed by atoms with Gasteiger partial charge in [-0.05, 0) is 43.7 Å². The van der Waals surface area contributed by atoms with Crippen LogP contribution in [0.15, 0.2) is 30.4 Å². The second kappa shape index (κ2) is 3.81. The van der Waals surface area contributed by atoms with Gasteiger partial charge in [0.15, 0.2) is 0 Å². The van der Waals surface area contributed by atoms with Gasteiger partial charge < -0.3 is 0 Å². The average molecular weight is 267 g/mol. The van der Waals surface area contributed by atoms with Crippen molar-refractivity contribution in [1.82, 2.24) is 0 Å². The molecule has 2 fully saturated rings. The van der Waals surface area contributed by atoms with Crippen molar-refractivity contribution in [2.75, 3.05) is 4.90 Å². The monoisotopic (exact) mass is 267 g/mol. The number of hydrogen-bond acceptors (Lipinski definition) is 2. The zero-order chi connectivity index (χ0) is 14.0. The Labute approximate surface area is 118 Å². The Bertz CT molecular complexity index is 631. The van der Waals surface area contributed by atoms with Gasteiger partial charge in [-0.25, -0.2) is 4.90 Å². The number of rotatable bonds is 1. The third kappa shape index (κ3) is 1.35. The van der Waals surface area contributed by atoms with E-state index in [9.17, 15) is 9.59 Å². The molecule has 4 rings (SSSR count). The molecule has 0 radical (unpaired) electrons. The molecule has 0 spiro atoms. The number of anilines is 1. The Hall–Kier alpha value is -1.90. The van der Waals surface area contributed by atoms with Gasteiger partial charge in [0.05, 0.1) is 17.5 Å². The van der Waals surface area contributed by atoms with Gasteiger partial charge in [-0.2, -0.15) is 0 Å². The van der Waals surface area contributed by atoms with Crippen LogP contribution in [0.25, 0.3) is 0 Å². The minimum absolute atomic E-state index is 0.00352. The van der Waals surface area contributed by atoms with Crippen molar-refractivity contribution in [2.24, 2.45) is 23.7 Å². The van der Waals surface area contributed by atoms with Crippen molar-refractivity contribution >= 4 is 17.5 Å². The minimum atomic E-state index is -0.113. The fourth-order valence-electron chi connectivity index (χ4n) is 4.20. The molecule has 1 saturated carbocycles. The number of allylic oxidation sites excluding steroid dienone is 2. The first-order valence-corrected chi connectivity index (χ1v) is 7.21. The van der Waals surface area contributed by atoms with Crippen LogP contribution in [0.4, 0.5) is 5.69 Å². The van der Waals surface area contributed by atoms with Crippen LogP contribution in [0.2, 0.25) is 0 Å². The minimum Gasteiger partial charge on any atom is -0.274 e. The maximum atomic E-state index is 12.7. The molecule has 4 atom stereocenters. The topological polar surface area (TPSA) is 37.4 Å². The number of aryl methyl sites for hydroxylation is 2. The van der Waals surface area contributed by atoms with Gasteiger partial charge in [-0.1, -0.05) is 29.8 Å². The van der Waals surface area contributed by atoms with E-state index >= 15 is 0 Å². The summed E-state index contributed by atoms with van der Waals surface area (Å²) < 4.78 is 0. The molecule has 1 aliphatic heterocycles. The van der Waals surface area contributed by atoms with Crippen LogP contribution in [0.1, 0.15) is 17.5 Å². The Balaban J connectivity index is 1.78. The first-order valence-electron chi connectivity index (χ1n) is 7.21. The van der Waals surface area contributed by atoms with E-state index in [0.717, 1.165) is 23.2 Å². The second-order valence-electron chi connectivity index (χ2n) is 6.30. The van der Waals surface area contributed by atoms with Crippen LogP contribution >= 0.6 is 0 Å². The van der Waals surface area contributed by atoms with Crippen LogP contribution in [-0.2, 0) is 9.59 Å². The van der Waals surface area contributed by atoms with Crippen LogP contribution < -0.4 is 4.90 Å². The summed E-state index contributed by atoms with van der Waals surface area (Å²) in [6.45, 7) is 3.98. The normalized spacial score (nSPS) is 34.2. The standard InChI is InChI=1S/C17H17NO2/c1-9-3-6-13(10(2)7-9)18-16(19)14-11-4-5-12(8-11)15(14)17(18)20/h3-7,11-12,14-15H,8H2,1-2H3/t11-,12+,14+,15-. The van der Waals surface area contributed by atoms with Crippen LogP contribution in [0.3, 0.4) is 0 Å². The molecule has 102 valence electrons. The van der Waals surface area contributed by atoms with Gasteiger partial charge in [0.25, 0.3) is 0 Å². The molecule has 1 aromatic carbocycles. The summed E-state index contributed by atoms with van der Waals surface area (Å²) in [5.74, 6) is 0.332. The summed E-state index contributed by atoms with van der Waals surface area (Å²) in [7, 11) is 0. The van der Waals surface area contributed by atoms with Gasteiger partial charge in [-0.15, -0.1) is 0 Å². The first kappa shape index (κ1) is 11.9. The van der Waals surface area contributed by atoms with Crippen molar-refractivity contribution in [1.29, 1.82) is 0 Å². The number of hydrogen-bond donors (Lipinski definition) is 0. The molecule has 20 heavy (non-hydrogen) atoms. The third-order valence-corrected chi connectivity index (χ3v) is 5.06. The fraction of sp³-hybridized carbons (Fsp3) is 0.412. The number of amides is 2. The van der Waals surface area contributed by atoms with E-state index in [4.69, 9.17) is 0 Å². The summed E-state index contributed by atoms with van der Waals surface area (Å²) in [4.78, 5) is 26.8. The lowest BCUT2D eigenvalue weighted by Crippen LogP contribution is -2.33. The molecule has 2 bridgehead atoms. The number of nitrogens with zero attached hydrogens (tertiary/aromatic N) is 1. The summed E-state index contributed by atoms with van der Waals surface area (Å²) in [6.07, 6.45) is 5.23. The van der Waals surface area contributed by atoms with Crippen molar-refractivity contribution < 1.29 is 9.59 Å². The molecule has 0 aromatic heterocycles. The highest BCUT2D eigenvalue weighted by Gasteiger charge is 2.59. The molecule has 1 heterocycles. The summed E-state index contributed by atoms with van der Waals surface area (Å²) in [6, 6.07) is 5.89. The van der Waals surface area contributed by atoms with E-state index in [1.54, 1.807) is 0 Å². The van der Waals surface area contributed by atoms with E-state index < -0.39 is 0 Å². The molecule has 3 heteroatoms. The molecule has 0 N–H and O–H groups in total. The molecule has 0 unspecified atom stereocenters. The molecule has 2 aliphatic carbocycles. The highest BCUT2D eigenvalue weighted by Crippen LogP contribution is 2.53. The van der Waals surface area contributed by atoms with E-state index in [-0.39, 0.29) is 35.5 Å². The maximum Gasteiger partial charge on any atom is 0.238 e. The Morgan fingerprint density at radius 3 is 2.15 bits per heavy atom. The SMILES string of the molecule is Cc1ccc(N2C(=O)[C@@H]3[C@H](C2=O)[C@H]2C=C[C@@H]3C2)c(C)c1. The molecule has 3 nitrogen and oxygen atoms in total. The highest BCUT2D eigenvalue weighted by atomic mass is 16.2. The second-order valence-corrected chi connectivity index (χ2v) is 6.30. The predicted molar refractivity (Wildman–Crippen MR) is 76.1 cm³/mol. The Morgan fingerprint density at radius 1 is 1.00 bits per heavy atom. The zero-order valence-electron chi connectivity index (χ0n) is 11.7.